The molecule has 0 amide bonds. The zero-order chi connectivity index (χ0) is 11.2. The highest BCUT2D eigenvalue weighted by atomic mass is 79.9. The van der Waals surface area contributed by atoms with Gasteiger partial charge in [-0.15, -0.1) is 0 Å². The van der Waals surface area contributed by atoms with Crippen LogP contribution in [0, 0.1) is 0 Å². The summed E-state index contributed by atoms with van der Waals surface area (Å²) in [5.74, 6) is 0. The number of nitrogens with one attached hydrogen (secondary N) is 2. The smallest absolute Gasteiger partial charge is 0.0824 e. The summed E-state index contributed by atoms with van der Waals surface area (Å²) in [4.78, 5) is 0. The maximum atomic E-state index is 5.61. The summed E-state index contributed by atoms with van der Waals surface area (Å²) in [6.45, 7) is 4.51. The SMILES string of the molecule is Brc1ccccc1CNCC1CNCCO1. The van der Waals surface area contributed by atoms with Crippen molar-refractivity contribution in [2.45, 2.75) is 12.6 Å². The molecule has 0 aliphatic carbocycles. The predicted octanol–water partition coefficient (Wildman–Crippen LogP) is 1.53. The Morgan fingerprint density at radius 3 is 3.06 bits per heavy atom. The van der Waals surface area contributed by atoms with E-state index in [1.807, 2.05) is 6.07 Å². The minimum atomic E-state index is 0.302. The highest BCUT2D eigenvalue weighted by Gasteiger charge is 2.12. The molecule has 1 aliphatic rings. The minimum absolute atomic E-state index is 0.302. The van der Waals surface area contributed by atoms with Crippen LogP contribution in [0.25, 0.3) is 0 Å². The molecule has 4 heteroatoms. The number of hydrogen-bond donors (Lipinski definition) is 2. The van der Waals surface area contributed by atoms with Crippen molar-refractivity contribution in [1.29, 1.82) is 0 Å². The molecule has 0 radical (unpaired) electrons. The predicted molar refractivity (Wildman–Crippen MR) is 68.5 cm³/mol. The summed E-state index contributed by atoms with van der Waals surface area (Å²) in [5.41, 5.74) is 1.28. The molecule has 0 spiro atoms. The first-order chi connectivity index (χ1) is 7.86. The zero-order valence-electron chi connectivity index (χ0n) is 9.21. The van der Waals surface area contributed by atoms with E-state index in [2.05, 4.69) is 44.8 Å². The normalized spacial score (nSPS) is 20.9. The van der Waals surface area contributed by atoms with Crippen LogP contribution in [0.5, 0.6) is 0 Å². The maximum Gasteiger partial charge on any atom is 0.0824 e. The lowest BCUT2D eigenvalue weighted by Crippen LogP contribution is -2.43. The van der Waals surface area contributed by atoms with Gasteiger partial charge in [0.1, 0.15) is 0 Å². The fourth-order valence-corrected chi connectivity index (χ4v) is 2.19. The molecule has 0 saturated carbocycles. The molecule has 1 fully saturated rings. The highest BCUT2D eigenvalue weighted by Crippen LogP contribution is 2.15. The molecule has 2 rings (SSSR count). The van der Waals surface area contributed by atoms with E-state index in [9.17, 15) is 0 Å². The van der Waals surface area contributed by atoms with Gasteiger partial charge in [-0.1, -0.05) is 34.1 Å². The van der Waals surface area contributed by atoms with Gasteiger partial charge < -0.3 is 15.4 Å². The average molecular weight is 285 g/mol. The largest absolute Gasteiger partial charge is 0.374 e. The molecule has 0 aromatic heterocycles. The molecule has 1 aliphatic heterocycles. The van der Waals surface area contributed by atoms with Gasteiger partial charge in [-0.25, -0.2) is 0 Å². The number of morpholine rings is 1. The summed E-state index contributed by atoms with van der Waals surface area (Å²) < 4.78 is 6.77. The van der Waals surface area contributed by atoms with Gasteiger partial charge in [0, 0.05) is 30.7 Å². The molecule has 1 unspecified atom stereocenters. The van der Waals surface area contributed by atoms with Crippen molar-refractivity contribution in [3.05, 3.63) is 34.3 Å². The molecule has 1 atom stereocenters. The summed E-state index contributed by atoms with van der Waals surface area (Å²) >= 11 is 3.54. The van der Waals surface area contributed by atoms with Crippen molar-refractivity contribution in [3.63, 3.8) is 0 Å². The summed E-state index contributed by atoms with van der Waals surface area (Å²) in [6.07, 6.45) is 0.302. The van der Waals surface area contributed by atoms with Crippen LogP contribution in [0.4, 0.5) is 0 Å². The van der Waals surface area contributed by atoms with Gasteiger partial charge in [0.2, 0.25) is 0 Å². The van der Waals surface area contributed by atoms with Crippen LogP contribution in [0.2, 0.25) is 0 Å². The monoisotopic (exact) mass is 284 g/mol. The number of ether oxygens (including phenoxy) is 1. The summed E-state index contributed by atoms with van der Waals surface area (Å²) in [6, 6.07) is 8.27. The molecular formula is C12H17BrN2O. The summed E-state index contributed by atoms with van der Waals surface area (Å²) in [7, 11) is 0. The Labute approximate surface area is 105 Å². The number of benzene rings is 1. The molecule has 1 saturated heterocycles. The standard InChI is InChI=1S/C12H17BrN2O/c13-12-4-2-1-3-10(12)7-15-9-11-8-14-5-6-16-11/h1-4,11,14-15H,5-9H2. The molecule has 1 aromatic rings. The Morgan fingerprint density at radius 1 is 1.44 bits per heavy atom. The molecule has 2 N–H and O–H groups in total. The van der Waals surface area contributed by atoms with Gasteiger partial charge in [-0.05, 0) is 11.6 Å². The van der Waals surface area contributed by atoms with Gasteiger partial charge in [0.15, 0.2) is 0 Å². The van der Waals surface area contributed by atoms with E-state index in [4.69, 9.17) is 4.74 Å². The van der Waals surface area contributed by atoms with Crippen LogP contribution in [-0.2, 0) is 11.3 Å². The third-order valence-corrected chi connectivity index (χ3v) is 3.42. The van der Waals surface area contributed by atoms with E-state index in [1.54, 1.807) is 0 Å². The van der Waals surface area contributed by atoms with E-state index in [0.717, 1.165) is 37.3 Å². The summed E-state index contributed by atoms with van der Waals surface area (Å²) in [5, 5.41) is 6.74. The average Bonchev–Trinajstić information content (AvgIpc) is 2.33. The number of rotatable bonds is 4. The number of halogens is 1. The van der Waals surface area contributed by atoms with Crippen molar-refractivity contribution in [2.75, 3.05) is 26.2 Å². The third-order valence-electron chi connectivity index (χ3n) is 2.65. The van der Waals surface area contributed by atoms with E-state index in [-0.39, 0.29) is 0 Å². The van der Waals surface area contributed by atoms with Gasteiger partial charge in [-0.3, -0.25) is 0 Å². The molecule has 3 nitrogen and oxygen atoms in total. The molecule has 0 bridgehead atoms. The quantitative estimate of drug-likeness (QED) is 0.880. The number of hydrogen-bond acceptors (Lipinski definition) is 3. The van der Waals surface area contributed by atoms with Gasteiger partial charge in [0.05, 0.1) is 12.7 Å². The van der Waals surface area contributed by atoms with E-state index < -0.39 is 0 Å². The second-order valence-corrected chi connectivity index (χ2v) is 4.77. The highest BCUT2D eigenvalue weighted by molar-refractivity contribution is 9.10. The van der Waals surface area contributed by atoms with Crippen molar-refractivity contribution in [3.8, 4) is 0 Å². The lowest BCUT2D eigenvalue weighted by molar-refractivity contribution is 0.0290. The fourth-order valence-electron chi connectivity index (χ4n) is 1.76. The molecule has 16 heavy (non-hydrogen) atoms. The molecule has 88 valence electrons. The van der Waals surface area contributed by atoms with Crippen LogP contribution >= 0.6 is 15.9 Å². The Hall–Kier alpha value is -0.420. The maximum absolute atomic E-state index is 5.61. The van der Waals surface area contributed by atoms with Crippen molar-refractivity contribution < 1.29 is 4.74 Å². The van der Waals surface area contributed by atoms with Crippen LogP contribution in [-0.4, -0.2) is 32.3 Å². The Bertz CT molecular complexity index is 327. The molecular weight excluding hydrogens is 268 g/mol. The van der Waals surface area contributed by atoms with E-state index in [1.165, 1.54) is 5.56 Å². The first kappa shape index (κ1) is 12.0. The minimum Gasteiger partial charge on any atom is -0.374 e. The third kappa shape index (κ3) is 3.56. The topological polar surface area (TPSA) is 33.3 Å². The van der Waals surface area contributed by atoms with Crippen molar-refractivity contribution in [2.24, 2.45) is 0 Å². The van der Waals surface area contributed by atoms with Crippen LogP contribution in [0.15, 0.2) is 28.7 Å². The Morgan fingerprint density at radius 2 is 2.31 bits per heavy atom. The van der Waals surface area contributed by atoms with Gasteiger partial charge >= 0.3 is 0 Å². The van der Waals surface area contributed by atoms with Gasteiger partial charge in [0.25, 0.3) is 0 Å². The van der Waals surface area contributed by atoms with Crippen LogP contribution in [0.3, 0.4) is 0 Å². The first-order valence-corrected chi connectivity index (χ1v) is 6.42. The van der Waals surface area contributed by atoms with Crippen LogP contribution in [0.1, 0.15) is 5.56 Å². The van der Waals surface area contributed by atoms with Crippen molar-refractivity contribution >= 4 is 15.9 Å². The second kappa shape index (κ2) is 6.35. The van der Waals surface area contributed by atoms with Gasteiger partial charge in [-0.2, -0.15) is 0 Å². The lowest BCUT2D eigenvalue weighted by Gasteiger charge is -2.23. The fraction of sp³-hybridized carbons (Fsp3) is 0.500. The molecule has 1 aromatic carbocycles. The second-order valence-electron chi connectivity index (χ2n) is 3.92. The first-order valence-electron chi connectivity index (χ1n) is 5.62. The van der Waals surface area contributed by atoms with Crippen LogP contribution < -0.4 is 10.6 Å². The molecule has 1 heterocycles. The van der Waals surface area contributed by atoms with E-state index >= 15 is 0 Å². The Balaban J connectivity index is 1.73. The lowest BCUT2D eigenvalue weighted by atomic mass is 10.2. The van der Waals surface area contributed by atoms with Crippen molar-refractivity contribution in [1.82, 2.24) is 10.6 Å². The Kier molecular flexibility index (Phi) is 4.78. The zero-order valence-corrected chi connectivity index (χ0v) is 10.8. The van der Waals surface area contributed by atoms with E-state index in [0.29, 0.717) is 6.10 Å².